The predicted molar refractivity (Wildman–Crippen MR) is 54.1 cm³/mol. The molecular weight excluding hydrogens is 200 g/mol. The summed E-state index contributed by atoms with van der Waals surface area (Å²) < 4.78 is 5.16. The van der Waals surface area contributed by atoms with Gasteiger partial charge in [0.2, 0.25) is 0 Å². The van der Waals surface area contributed by atoms with E-state index in [0.717, 1.165) is 0 Å². The Bertz CT molecular complexity index is 323. The minimum absolute atomic E-state index is 0.112. The van der Waals surface area contributed by atoms with E-state index in [4.69, 9.17) is 4.74 Å². The van der Waals surface area contributed by atoms with Gasteiger partial charge in [-0.1, -0.05) is 6.08 Å². The van der Waals surface area contributed by atoms with E-state index in [-0.39, 0.29) is 23.1 Å². The number of hydrogen-bond donors (Lipinski definition) is 0. The summed E-state index contributed by atoms with van der Waals surface area (Å²) in [7, 11) is 0. The molecule has 0 radical (unpaired) electrons. The second-order valence-corrected chi connectivity index (χ2v) is 4.81. The van der Waals surface area contributed by atoms with Gasteiger partial charge in [-0.25, -0.2) is 0 Å². The van der Waals surface area contributed by atoms with Gasteiger partial charge in [-0.05, 0) is 19.3 Å². The Balaban J connectivity index is 2.47. The number of thioether (sulfide) groups is 1. The van der Waals surface area contributed by atoms with Crippen LogP contribution in [0.5, 0.6) is 0 Å². The van der Waals surface area contributed by atoms with Crippen LogP contribution in [0, 0.1) is 5.41 Å². The third kappa shape index (κ3) is 1.21. The molecule has 76 valence electrons. The molecule has 0 spiro atoms. The highest BCUT2D eigenvalue weighted by Gasteiger charge is 2.50. The first-order chi connectivity index (χ1) is 6.58. The summed E-state index contributed by atoms with van der Waals surface area (Å²) in [6, 6.07) is 0. The zero-order chi connectivity index (χ0) is 10.3. The van der Waals surface area contributed by atoms with Crippen molar-refractivity contribution in [3.8, 4) is 0 Å². The molecule has 2 heterocycles. The molecule has 0 aromatic carbocycles. The van der Waals surface area contributed by atoms with Crippen molar-refractivity contribution in [1.29, 1.82) is 0 Å². The van der Waals surface area contributed by atoms with Crippen LogP contribution in [-0.2, 0) is 14.3 Å². The summed E-state index contributed by atoms with van der Waals surface area (Å²) in [6.07, 6.45) is 5.50. The van der Waals surface area contributed by atoms with Crippen LogP contribution in [-0.4, -0.2) is 29.4 Å². The third-order valence-corrected chi connectivity index (χ3v) is 4.05. The Labute approximate surface area is 86.9 Å². The van der Waals surface area contributed by atoms with Crippen molar-refractivity contribution in [2.24, 2.45) is 5.41 Å². The lowest BCUT2D eigenvalue weighted by Gasteiger charge is -2.30. The monoisotopic (exact) mass is 212 g/mol. The van der Waals surface area contributed by atoms with Gasteiger partial charge in [0.1, 0.15) is 11.5 Å². The molecule has 0 amide bonds. The van der Waals surface area contributed by atoms with E-state index in [2.05, 4.69) is 0 Å². The second-order valence-electron chi connectivity index (χ2n) is 3.87. The third-order valence-electron chi connectivity index (χ3n) is 2.83. The summed E-state index contributed by atoms with van der Waals surface area (Å²) >= 11 is 1.43. The first-order valence-electron chi connectivity index (χ1n) is 4.54. The van der Waals surface area contributed by atoms with Gasteiger partial charge < -0.3 is 4.74 Å². The zero-order valence-electron chi connectivity index (χ0n) is 8.15. The Morgan fingerprint density at radius 2 is 2.29 bits per heavy atom. The molecule has 14 heavy (non-hydrogen) atoms. The van der Waals surface area contributed by atoms with Gasteiger partial charge in [0.25, 0.3) is 0 Å². The van der Waals surface area contributed by atoms with E-state index < -0.39 is 5.41 Å². The smallest absolute Gasteiger partial charge is 0.317 e. The van der Waals surface area contributed by atoms with Crippen molar-refractivity contribution in [3.05, 3.63) is 12.2 Å². The number of rotatable bonds is 1. The fourth-order valence-electron chi connectivity index (χ4n) is 2.00. The van der Waals surface area contributed by atoms with Crippen LogP contribution in [0.15, 0.2) is 12.2 Å². The first kappa shape index (κ1) is 9.77. The van der Waals surface area contributed by atoms with Gasteiger partial charge in [-0.3, -0.25) is 9.59 Å². The fraction of sp³-hybridized carbons (Fsp3) is 0.600. The van der Waals surface area contributed by atoms with Crippen LogP contribution >= 0.6 is 11.8 Å². The summed E-state index contributed by atoms with van der Waals surface area (Å²) in [4.78, 5) is 23.4. The van der Waals surface area contributed by atoms with Crippen molar-refractivity contribution in [2.45, 2.75) is 24.7 Å². The van der Waals surface area contributed by atoms with Crippen molar-refractivity contribution >= 4 is 23.5 Å². The van der Waals surface area contributed by atoms with Crippen LogP contribution in [0.1, 0.15) is 13.3 Å². The largest absolute Gasteiger partial charge is 0.457 e. The number of esters is 1. The van der Waals surface area contributed by atoms with Gasteiger partial charge in [0.05, 0.1) is 5.25 Å². The van der Waals surface area contributed by atoms with E-state index >= 15 is 0 Å². The maximum Gasteiger partial charge on any atom is 0.317 e. The summed E-state index contributed by atoms with van der Waals surface area (Å²) in [6.45, 7) is 1.77. The minimum Gasteiger partial charge on any atom is -0.457 e. The molecule has 3 aliphatic rings. The predicted octanol–water partition coefficient (Wildman–Crippen LogP) is 1.18. The van der Waals surface area contributed by atoms with Gasteiger partial charge in [-0.2, -0.15) is 11.8 Å². The molecule has 1 aliphatic carbocycles. The average Bonchev–Trinajstić information content (AvgIpc) is 2.28. The molecule has 1 saturated heterocycles. The average molecular weight is 212 g/mol. The molecule has 1 fully saturated rings. The van der Waals surface area contributed by atoms with E-state index in [1.807, 2.05) is 18.4 Å². The van der Waals surface area contributed by atoms with Gasteiger partial charge in [0, 0.05) is 6.42 Å². The normalized spacial score (nSPS) is 41.0. The highest BCUT2D eigenvalue weighted by molar-refractivity contribution is 8.00. The highest BCUT2D eigenvalue weighted by atomic mass is 32.2. The van der Waals surface area contributed by atoms with Gasteiger partial charge >= 0.3 is 5.97 Å². The lowest BCUT2D eigenvalue weighted by Crippen LogP contribution is -2.40. The van der Waals surface area contributed by atoms with E-state index in [1.165, 1.54) is 11.8 Å². The molecule has 0 N–H and O–H groups in total. The number of carbonyl (C=O) groups excluding carboxylic acids is 2. The Morgan fingerprint density at radius 3 is 2.86 bits per heavy atom. The number of ketones is 1. The van der Waals surface area contributed by atoms with Crippen molar-refractivity contribution in [2.75, 3.05) is 6.26 Å². The van der Waals surface area contributed by atoms with Crippen LogP contribution in [0.25, 0.3) is 0 Å². The molecule has 0 saturated carbocycles. The Kier molecular flexibility index (Phi) is 2.18. The van der Waals surface area contributed by atoms with Crippen molar-refractivity contribution in [1.82, 2.24) is 0 Å². The Hall–Kier alpha value is -0.770. The molecule has 3 rings (SSSR count). The van der Waals surface area contributed by atoms with Gasteiger partial charge in [0.15, 0.2) is 5.78 Å². The Morgan fingerprint density at radius 1 is 1.57 bits per heavy atom. The number of ether oxygens (including phenoxy) is 1. The molecule has 0 unspecified atom stereocenters. The number of carbonyl (C=O) groups is 2. The molecular formula is C10H12O3S. The quantitative estimate of drug-likeness (QED) is 0.483. The first-order valence-corrected chi connectivity index (χ1v) is 5.82. The van der Waals surface area contributed by atoms with Crippen LogP contribution in [0.2, 0.25) is 0 Å². The molecule has 0 aromatic rings. The number of fused-ring (bicyclic) bond motifs is 3. The zero-order valence-corrected chi connectivity index (χ0v) is 8.97. The second kappa shape index (κ2) is 3.12. The molecule has 2 bridgehead atoms. The molecule has 2 aliphatic heterocycles. The fourth-order valence-corrected chi connectivity index (χ4v) is 3.02. The van der Waals surface area contributed by atoms with Crippen molar-refractivity contribution in [3.63, 3.8) is 0 Å². The minimum atomic E-state index is -0.760. The maximum atomic E-state index is 11.8. The summed E-state index contributed by atoms with van der Waals surface area (Å²) in [5, 5.41) is -0.293. The molecule has 3 nitrogen and oxygen atoms in total. The molecule has 4 heteroatoms. The topological polar surface area (TPSA) is 43.4 Å². The summed E-state index contributed by atoms with van der Waals surface area (Å²) in [5.41, 5.74) is -0.760. The molecule has 0 aromatic heterocycles. The van der Waals surface area contributed by atoms with Crippen LogP contribution in [0.4, 0.5) is 0 Å². The van der Waals surface area contributed by atoms with Crippen LogP contribution in [0.3, 0.4) is 0 Å². The highest BCUT2D eigenvalue weighted by Crippen LogP contribution is 2.40. The number of hydrogen-bond acceptors (Lipinski definition) is 4. The lowest BCUT2D eigenvalue weighted by atomic mass is 9.85. The van der Waals surface area contributed by atoms with Crippen molar-refractivity contribution < 1.29 is 14.3 Å². The SMILES string of the molecule is CS[C@H]1C(=O)C[C@@H]2C=C[C@@]1(C)C(=O)O2. The van der Waals surface area contributed by atoms with E-state index in [0.29, 0.717) is 6.42 Å². The van der Waals surface area contributed by atoms with Gasteiger partial charge in [-0.15, -0.1) is 0 Å². The summed E-state index contributed by atoms with van der Waals surface area (Å²) in [5.74, 6) is -0.156. The van der Waals surface area contributed by atoms with E-state index in [9.17, 15) is 9.59 Å². The van der Waals surface area contributed by atoms with Crippen LogP contribution < -0.4 is 0 Å². The standard InChI is InChI=1S/C10H12O3S/c1-10-4-3-6(13-9(10)12)5-7(11)8(10)14-2/h3-4,6,8H,5H2,1-2H3/t6-,8-,10+/m0/s1. The van der Waals surface area contributed by atoms with E-state index in [1.54, 1.807) is 6.92 Å². The number of Topliss-reactive ketones (excluding diaryl/α,β-unsaturated/α-hetero) is 1. The molecule has 3 atom stereocenters. The lowest BCUT2D eigenvalue weighted by molar-refractivity contribution is -0.155. The maximum absolute atomic E-state index is 11.8.